The maximum Gasteiger partial charge on any atom is 0.0903 e. The lowest BCUT2D eigenvalue weighted by molar-refractivity contribution is -0.0790. The van der Waals surface area contributed by atoms with E-state index in [-0.39, 0.29) is 0 Å². The normalized spacial score (nSPS) is 13.8. The van der Waals surface area contributed by atoms with Gasteiger partial charge in [0.1, 0.15) is 0 Å². The van der Waals surface area contributed by atoms with Gasteiger partial charge in [0.05, 0.1) is 11.7 Å². The van der Waals surface area contributed by atoms with Crippen molar-refractivity contribution in [2.75, 3.05) is 0 Å². The Kier molecular flexibility index (Phi) is 4.72. The van der Waals surface area contributed by atoms with Gasteiger partial charge in [-0.1, -0.05) is 32.0 Å². The van der Waals surface area contributed by atoms with E-state index in [2.05, 4.69) is 26.0 Å². The molecule has 1 rings (SSSR count). The van der Waals surface area contributed by atoms with Gasteiger partial charge in [0.2, 0.25) is 0 Å². The first-order valence-corrected chi connectivity index (χ1v) is 6.39. The zero-order chi connectivity index (χ0) is 13.1. The zero-order valence-corrected chi connectivity index (χ0v) is 11.3. The van der Waals surface area contributed by atoms with E-state index in [0.717, 1.165) is 5.56 Å². The summed E-state index contributed by atoms with van der Waals surface area (Å²) < 4.78 is 0. The third-order valence-corrected chi connectivity index (χ3v) is 3.85. The molecule has 0 spiro atoms. The van der Waals surface area contributed by atoms with Crippen molar-refractivity contribution in [3.05, 3.63) is 34.9 Å². The van der Waals surface area contributed by atoms with Gasteiger partial charge < -0.3 is 10.2 Å². The number of aryl methyl sites for hydroxylation is 2. The first-order chi connectivity index (χ1) is 7.92. The molecule has 0 aromatic heterocycles. The van der Waals surface area contributed by atoms with Crippen LogP contribution in [0.5, 0.6) is 0 Å². The average molecular weight is 236 g/mol. The number of hydrogen-bond acceptors (Lipinski definition) is 2. The highest BCUT2D eigenvalue weighted by molar-refractivity contribution is 5.30. The topological polar surface area (TPSA) is 40.5 Å². The van der Waals surface area contributed by atoms with Crippen LogP contribution in [0.4, 0.5) is 0 Å². The molecule has 0 aliphatic rings. The van der Waals surface area contributed by atoms with Gasteiger partial charge >= 0.3 is 0 Å². The van der Waals surface area contributed by atoms with Crippen molar-refractivity contribution in [3.63, 3.8) is 0 Å². The van der Waals surface area contributed by atoms with Gasteiger partial charge in [-0.2, -0.15) is 0 Å². The molecule has 1 aromatic carbocycles. The van der Waals surface area contributed by atoms with Crippen molar-refractivity contribution in [2.24, 2.45) is 0 Å². The number of rotatable bonds is 5. The Morgan fingerprint density at radius 3 is 2.18 bits per heavy atom. The highest BCUT2D eigenvalue weighted by Gasteiger charge is 2.31. The van der Waals surface area contributed by atoms with Crippen LogP contribution in [0.2, 0.25) is 0 Å². The quantitative estimate of drug-likeness (QED) is 0.825. The lowest BCUT2D eigenvalue weighted by Crippen LogP contribution is -2.42. The van der Waals surface area contributed by atoms with Crippen LogP contribution < -0.4 is 0 Å². The molecule has 0 heterocycles. The fourth-order valence-electron chi connectivity index (χ4n) is 2.06. The van der Waals surface area contributed by atoms with E-state index in [0.29, 0.717) is 19.3 Å². The van der Waals surface area contributed by atoms with Crippen LogP contribution in [0, 0.1) is 13.8 Å². The van der Waals surface area contributed by atoms with Crippen molar-refractivity contribution in [3.8, 4) is 0 Å². The van der Waals surface area contributed by atoms with Crippen LogP contribution in [0.15, 0.2) is 18.2 Å². The molecule has 17 heavy (non-hydrogen) atoms. The Bertz CT molecular complexity index is 367. The molecular formula is C15H24O2. The van der Waals surface area contributed by atoms with Crippen molar-refractivity contribution in [2.45, 2.75) is 58.7 Å². The molecule has 0 aliphatic carbocycles. The second-order valence-electron chi connectivity index (χ2n) is 4.95. The van der Waals surface area contributed by atoms with Crippen LogP contribution in [0.25, 0.3) is 0 Å². The summed E-state index contributed by atoms with van der Waals surface area (Å²) in [6, 6.07) is 6.18. The molecule has 0 aliphatic heterocycles. The van der Waals surface area contributed by atoms with E-state index in [9.17, 15) is 10.2 Å². The second-order valence-corrected chi connectivity index (χ2v) is 4.95. The van der Waals surface area contributed by atoms with Gasteiger partial charge in [-0.15, -0.1) is 0 Å². The van der Waals surface area contributed by atoms with Crippen molar-refractivity contribution in [1.29, 1.82) is 0 Å². The zero-order valence-electron chi connectivity index (χ0n) is 11.3. The highest BCUT2D eigenvalue weighted by Crippen LogP contribution is 2.23. The molecule has 0 saturated carbocycles. The van der Waals surface area contributed by atoms with Gasteiger partial charge in [-0.05, 0) is 43.4 Å². The van der Waals surface area contributed by atoms with Crippen LogP contribution in [0.3, 0.4) is 0 Å². The van der Waals surface area contributed by atoms with Crippen LogP contribution in [0.1, 0.15) is 43.4 Å². The largest absolute Gasteiger partial charge is 0.390 e. The Morgan fingerprint density at radius 1 is 1.12 bits per heavy atom. The summed E-state index contributed by atoms with van der Waals surface area (Å²) in [7, 11) is 0. The minimum Gasteiger partial charge on any atom is -0.390 e. The summed E-state index contributed by atoms with van der Waals surface area (Å²) >= 11 is 0. The minimum absolute atomic E-state index is 0.513. The summed E-state index contributed by atoms with van der Waals surface area (Å²) in [4.78, 5) is 0. The lowest BCUT2D eigenvalue weighted by Gasteiger charge is -2.31. The lowest BCUT2D eigenvalue weighted by atomic mass is 9.86. The maximum absolute atomic E-state index is 10.2. The predicted molar refractivity (Wildman–Crippen MR) is 71.2 cm³/mol. The predicted octanol–water partition coefficient (Wildman–Crippen LogP) is 2.76. The van der Waals surface area contributed by atoms with Gasteiger partial charge in [-0.25, -0.2) is 0 Å². The van der Waals surface area contributed by atoms with Crippen molar-refractivity contribution < 1.29 is 10.2 Å². The Labute approximate surface area is 104 Å². The minimum atomic E-state index is -0.960. The van der Waals surface area contributed by atoms with Crippen LogP contribution >= 0.6 is 0 Å². The number of aliphatic hydroxyl groups is 2. The van der Waals surface area contributed by atoms with E-state index in [1.165, 1.54) is 11.1 Å². The van der Waals surface area contributed by atoms with Gasteiger partial charge in [-0.3, -0.25) is 0 Å². The number of hydrogen-bond donors (Lipinski definition) is 2. The summed E-state index contributed by atoms with van der Waals surface area (Å²) in [5, 5.41) is 20.4. The van der Waals surface area contributed by atoms with Crippen LogP contribution in [-0.4, -0.2) is 21.9 Å². The summed E-state index contributed by atoms with van der Waals surface area (Å²) in [6.45, 7) is 7.96. The van der Waals surface area contributed by atoms with Gasteiger partial charge in [0, 0.05) is 6.42 Å². The maximum atomic E-state index is 10.2. The van der Waals surface area contributed by atoms with Crippen LogP contribution in [-0.2, 0) is 6.42 Å². The molecule has 1 aromatic rings. The molecule has 0 amide bonds. The number of benzene rings is 1. The Morgan fingerprint density at radius 2 is 1.71 bits per heavy atom. The van der Waals surface area contributed by atoms with E-state index >= 15 is 0 Å². The molecular weight excluding hydrogens is 212 g/mol. The third-order valence-electron chi connectivity index (χ3n) is 3.85. The summed E-state index contributed by atoms with van der Waals surface area (Å²) in [5.41, 5.74) is 2.61. The molecule has 0 bridgehead atoms. The fourth-order valence-corrected chi connectivity index (χ4v) is 2.06. The molecule has 2 heteroatoms. The molecule has 1 atom stereocenters. The molecule has 0 fully saturated rings. The summed E-state index contributed by atoms with van der Waals surface area (Å²) in [5.74, 6) is 0. The SMILES string of the molecule is CCC(O)(CC)C(O)Cc1ccc(C)c(C)c1. The van der Waals surface area contributed by atoms with Crippen molar-refractivity contribution in [1.82, 2.24) is 0 Å². The third kappa shape index (κ3) is 3.30. The Hall–Kier alpha value is -0.860. The monoisotopic (exact) mass is 236 g/mol. The molecule has 2 nitrogen and oxygen atoms in total. The molecule has 96 valence electrons. The molecule has 2 N–H and O–H groups in total. The first-order valence-electron chi connectivity index (χ1n) is 6.39. The second kappa shape index (κ2) is 5.65. The van der Waals surface area contributed by atoms with E-state index in [1.54, 1.807) is 0 Å². The average Bonchev–Trinajstić information content (AvgIpc) is 2.32. The van der Waals surface area contributed by atoms with Crippen molar-refractivity contribution >= 4 is 0 Å². The fraction of sp³-hybridized carbons (Fsp3) is 0.600. The van der Waals surface area contributed by atoms with E-state index in [4.69, 9.17) is 0 Å². The molecule has 1 unspecified atom stereocenters. The molecule has 0 saturated heterocycles. The first kappa shape index (κ1) is 14.2. The van der Waals surface area contributed by atoms with Gasteiger partial charge in [0.15, 0.2) is 0 Å². The number of aliphatic hydroxyl groups excluding tert-OH is 1. The smallest absolute Gasteiger partial charge is 0.0903 e. The Balaban J connectivity index is 2.80. The van der Waals surface area contributed by atoms with E-state index in [1.807, 2.05) is 19.9 Å². The van der Waals surface area contributed by atoms with E-state index < -0.39 is 11.7 Å². The summed E-state index contributed by atoms with van der Waals surface area (Å²) in [6.07, 6.45) is 0.976. The standard InChI is InChI=1S/C15H24O2/c1-5-15(17,6-2)14(16)10-13-8-7-11(3)12(4)9-13/h7-9,14,16-17H,5-6,10H2,1-4H3. The highest BCUT2D eigenvalue weighted by atomic mass is 16.3. The molecule has 0 radical (unpaired) electrons. The van der Waals surface area contributed by atoms with Gasteiger partial charge in [0.25, 0.3) is 0 Å².